The van der Waals surface area contributed by atoms with Crippen LogP contribution in [0, 0.1) is 0 Å². The van der Waals surface area contributed by atoms with Gasteiger partial charge in [-0.25, -0.2) is 9.48 Å². The van der Waals surface area contributed by atoms with Gasteiger partial charge < -0.3 is 15.7 Å². The highest BCUT2D eigenvalue weighted by atomic mass is 16.4. The van der Waals surface area contributed by atoms with Gasteiger partial charge in [-0.1, -0.05) is 5.21 Å². The summed E-state index contributed by atoms with van der Waals surface area (Å²) in [5, 5.41) is 21.1. The number of carbonyl (C=O) groups excluding carboxylic acids is 2. The van der Waals surface area contributed by atoms with E-state index >= 15 is 0 Å². The van der Waals surface area contributed by atoms with Crippen LogP contribution < -0.4 is 10.6 Å². The van der Waals surface area contributed by atoms with Crippen LogP contribution in [0.25, 0.3) is 0 Å². The molecule has 0 radical (unpaired) electrons. The molecule has 0 fully saturated rings. The summed E-state index contributed by atoms with van der Waals surface area (Å²) in [7, 11) is 0. The molecule has 0 aliphatic heterocycles. The van der Waals surface area contributed by atoms with Crippen molar-refractivity contribution < 1.29 is 19.5 Å². The Bertz CT molecular complexity index is 707. The zero-order chi connectivity index (χ0) is 16.1. The molecule has 0 saturated heterocycles. The molecule has 1 aromatic carbocycles. The fraction of sp³-hybridized carbons (Fsp3) is 0.154. The lowest BCUT2D eigenvalue weighted by molar-refractivity contribution is -0.117. The number of carboxylic acid groups (broad SMARTS) is 1. The summed E-state index contributed by atoms with van der Waals surface area (Å²) in [6.45, 7) is 1.13. The normalized spacial score (nSPS) is 10.0. The maximum Gasteiger partial charge on any atom is 0.355 e. The molecule has 22 heavy (non-hydrogen) atoms. The number of amides is 2. The number of aromatic nitrogens is 3. The Morgan fingerprint density at radius 3 is 2.27 bits per heavy atom. The molecule has 1 aromatic heterocycles. The molecule has 0 bridgehead atoms. The monoisotopic (exact) mass is 303 g/mol. The fourth-order valence-corrected chi connectivity index (χ4v) is 1.72. The number of anilines is 2. The molecular weight excluding hydrogens is 290 g/mol. The van der Waals surface area contributed by atoms with E-state index in [1.165, 1.54) is 6.92 Å². The fourth-order valence-electron chi connectivity index (χ4n) is 1.72. The second-order valence-corrected chi connectivity index (χ2v) is 4.39. The minimum absolute atomic E-state index is 0.170. The molecule has 9 heteroatoms. The van der Waals surface area contributed by atoms with E-state index < -0.39 is 11.9 Å². The summed E-state index contributed by atoms with van der Waals surface area (Å²) in [5.74, 6) is -1.85. The van der Waals surface area contributed by atoms with E-state index in [0.29, 0.717) is 11.4 Å². The highest BCUT2D eigenvalue weighted by Gasteiger charge is 2.14. The topological polar surface area (TPSA) is 126 Å². The third kappa shape index (κ3) is 3.88. The first-order chi connectivity index (χ1) is 10.5. The van der Waals surface area contributed by atoms with E-state index in [1.807, 2.05) is 0 Å². The minimum atomic E-state index is -1.21. The van der Waals surface area contributed by atoms with Crippen molar-refractivity contribution in [1.29, 1.82) is 0 Å². The summed E-state index contributed by atoms with van der Waals surface area (Å²) in [6.07, 6.45) is 1.07. The van der Waals surface area contributed by atoms with Crippen molar-refractivity contribution in [2.45, 2.75) is 13.5 Å². The number of carbonyl (C=O) groups is 3. The number of nitrogens with one attached hydrogen (secondary N) is 2. The Hall–Kier alpha value is -3.23. The third-order valence-electron chi connectivity index (χ3n) is 2.62. The SMILES string of the molecule is CC(=O)Nc1ccc(NC(=O)Cn2nncc2C(=O)O)cc1. The number of hydrogen-bond donors (Lipinski definition) is 3. The maximum atomic E-state index is 11.9. The molecule has 0 saturated carbocycles. The average molecular weight is 303 g/mol. The van der Waals surface area contributed by atoms with E-state index in [2.05, 4.69) is 20.9 Å². The summed E-state index contributed by atoms with van der Waals surface area (Å²) < 4.78 is 0.989. The molecule has 0 aliphatic rings. The van der Waals surface area contributed by atoms with Gasteiger partial charge in [-0.05, 0) is 24.3 Å². The second kappa shape index (κ2) is 6.48. The Morgan fingerprint density at radius 1 is 1.14 bits per heavy atom. The van der Waals surface area contributed by atoms with Crippen molar-refractivity contribution in [2.75, 3.05) is 10.6 Å². The van der Waals surface area contributed by atoms with Crippen LogP contribution in [0.4, 0.5) is 11.4 Å². The van der Waals surface area contributed by atoms with Gasteiger partial charge in [-0.15, -0.1) is 5.10 Å². The van der Waals surface area contributed by atoms with Gasteiger partial charge in [0.25, 0.3) is 0 Å². The molecule has 9 nitrogen and oxygen atoms in total. The summed E-state index contributed by atoms with van der Waals surface area (Å²) in [5.41, 5.74) is 0.946. The van der Waals surface area contributed by atoms with Gasteiger partial charge >= 0.3 is 5.97 Å². The predicted molar refractivity (Wildman–Crippen MR) is 76.4 cm³/mol. The molecule has 0 aliphatic carbocycles. The smallest absolute Gasteiger partial charge is 0.355 e. The lowest BCUT2D eigenvalue weighted by Crippen LogP contribution is -2.22. The van der Waals surface area contributed by atoms with Gasteiger partial charge in [0.1, 0.15) is 6.54 Å². The molecule has 114 valence electrons. The van der Waals surface area contributed by atoms with Gasteiger partial charge in [0, 0.05) is 18.3 Å². The van der Waals surface area contributed by atoms with Crippen molar-refractivity contribution in [3.8, 4) is 0 Å². The van der Waals surface area contributed by atoms with Gasteiger partial charge in [-0.3, -0.25) is 9.59 Å². The zero-order valence-electron chi connectivity index (χ0n) is 11.6. The van der Waals surface area contributed by atoms with Crippen LogP contribution in [0.1, 0.15) is 17.4 Å². The van der Waals surface area contributed by atoms with Crippen LogP contribution in [0.3, 0.4) is 0 Å². The Labute approximate surface area is 124 Å². The molecule has 1 heterocycles. The van der Waals surface area contributed by atoms with Crippen LogP contribution in [0.5, 0.6) is 0 Å². The van der Waals surface area contributed by atoms with E-state index in [1.54, 1.807) is 24.3 Å². The van der Waals surface area contributed by atoms with E-state index in [-0.39, 0.29) is 18.1 Å². The van der Waals surface area contributed by atoms with Gasteiger partial charge in [-0.2, -0.15) is 0 Å². The third-order valence-corrected chi connectivity index (χ3v) is 2.62. The molecule has 3 N–H and O–H groups in total. The van der Waals surface area contributed by atoms with E-state index in [4.69, 9.17) is 5.11 Å². The molecule has 2 aromatic rings. The van der Waals surface area contributed by atoms with Crippen molar-refractivity contribution in [3.63, 3.8) is 0 Å². The Balaban J connectivity index is 1.98. The van der Waals surface area contributed by atoms with Crippen LogP contribution in [-0.4, -0.2) is 37.9 Å². The first kappa shape index (κ1) is 15.2. The Kier molecular flexibility index (Phi) is 4.47. The van der Waals surface area contributed by atoms with Crippen LogP contribution in [-0.2, 0) is 16.1 Å². The van der Waals surface area contributed by atoms with Gasteiger partial charge in [0.15, 0.2) is 5.69 Å². The molecule has 0 atom stereocenters. The van der Waals surface area contributed by atoms with Crippen molar-refractivity contribution in [3.05, 3.63) is 36.2 Å². The first-order valence-electron chi connectivity index (χ1n) is 6.25. The van der Waals surface area contributed by atoms with E-state index in [0.717, 1.165) is 10.9 Å². The summed E-state index contributed by atoms with van der Waals surface area (Å²) in [4.78, 5) is 33.6. The number of hydrogen-bond acceptors (Lipinski definition) is 5. The standard InChI is InChI=1S/C13H13N5O4/c1-8(19)15-9-2-4-10(5-3-9)16-12(20)7-18-11(13(21)22)6-14-17-18/h2-6H,7H2,1H3,(H,15,19)(H,16,20)(H,21,22). The average Bonchev–Trinajstić information content (AvgIpc) is 2.88. The first-order valence-corrected chi connectivity index (χ1v) is 6.25. The molecule has 0 spiro atoms. The molecule has 0 unspecified atom stereocenters. The number of carboxylic acids is 1. The lowest BCUT2D eigenvalue weighted by Gasteiger charge is -2.07. The van der Waals surface area contributed by atoms with Crippen LogP contribution in [0.15, 0.2) is 30.5 Å². The van der Waals surface area contributed by atoms with E-state index in [9.17, 15) is 14.4 Å². The largest absolute Gasteiger partial charge is 0.476 e. The Morgan fingerprint density at radius 2 is 1.73 bits per heavy atom. The zero-order valence-corrected chi connectivity index (χ0v) is 11.6. The number of aromatic carboxylic acids is 1. The van der Waals surface area contributed by atoms with Crippen molar-refractivity contribution in [2.24, 2.45) is 0 Å². The molecule has 2 rings (SSSR count). The minimum Gasteiger partial charge on any atom is -0.476 e. The highest BCUT2D eigenvalue weighted by molar-refractivity contribution is 5.92. The van der Waals surface area contributed by atoms with Crippen molar-refractivity contribution >= 4 is 29.2 Å². The highest BCUT2D eigenvalue weighted by Crippen LogP contribution is 2.13. The van der Waals surface area contributed by atoms with Gasteiger partial charge in [0.05, 0.1) is 6.20 Å². The number of nitrogens with zero attached hydrogens (tertiary/aromatic N) is 3. The summed E-state index contributed by atoms with van der Waals surface area (Å²) >= 11 is 0. The quantitative estimate of drug-likeness (QED) is 0.741. The predicted octanol–water partition coefficient (Wildman–Crippen LogP) is 0.573. The second-order valence-electron chi connectivity index (χ2n) is 4.39. The lowest BCUT2D eigenvalue weighted by atomic mass is 10.2. The van der Waals surface area contributed by atoms with Gasteiger partial charge in [0.2, 0.25) is 11.8 Å². The number of rotatable bonds is 5. The van der Waals surface area contributed by atoms with Crippen molar-refractivity contribution in [1.82, 2.24) is 15.0 Å². The maximum absolute atomic E-state index is 11.9. The molecular formula is C13H13N5O4. The van der Waals surface area contributed by atoms with Crippen LogP contribution in [0.2, 0.25) is 0 Å². The van der Waals surface area contributed by atoms with Crippen LogP contribution >= 0.6 is 0 Å². The number of benzene rings is 1. The molecule has 2 amide bonds. The summed E-state index contributed by atoms with van der Waals surface area (Å²) in [6, 6.07) is 6.50.